The molecule has 5 rings (SSSR count). The lowest BCUT2D eigenvalue weighted by molar-refractivity contribution is -0.116. The number of nitrogens with one attached hydrogen (secondary N) is 2. The fourth-order valence-electron chi connectivity index (χ4n) is 5.08. The van der Waals surface area contributed by atoms with Crippen LogP contribution in [0.4, 0.5) is 10.5 Å². The number of likely N-dealkylation sites (tertiary alicyclic amines) is 1. The Morgan fingerprint density at radius 2 is 1.63 bits per heavy atom. The Kier molecular flexibility index (Phi) is 12.4. The Hall–Kier alpha value is -4.10. The predicted octanol–water partition coefficient (Wildman–Crippen LogP) is 6.77. The van der Waals surface area contributed by atoms with Gasteiger partial charge in [-0.2, -0.15) is 0 Å². The molecule has 218 valence electrons. The number of aryl methyl sites for hydroxylation is 1. The number of hydrogen-bond donors (Lipinski definition) is 3. The summed E-state index contributed by atoms with van der Waals surface area (Å²) in [6, 6.07) is 26.4. The molecule has 1 aliphatic rings. The first kappa shape index (κ1) is 31.4. The van der Waals surface area contributed by atoms with E-state index >= 15 is 0 Å². The smallest absolute Gasteiger partial charge is 0.314 e. The van der Waals surface area contributed by atoms with Crippen LogP contribution >= 0.6 is 0 Å². The summed E-state index contributed by atoms with van der Waals surface area (Å²) in [5, 5.41) is 4.19. The van der Waals surface area contributed by atoms with Gasteiger partial charge in [0.15, 0.2) is 0 Å². The minimum absolute atomic E-state index is 0.0438. The maximum Gasteiger partial charge on any atom is 0.314 e. The van der Waals surface area contributed by atoms with E-state index in [0.717, 1.165) is 50.1 Å². The largest absolute Gasteiger partial charge is 0.361 e. The number of primary amides is 1. The second-order valence-electron chi connectivity index (χ2n) is 10.4. The Morgan fingerprint density at radius 1 is 0.951 bits per heavy atom. The Morgan fingerprint density at radius 3 is 2.32 bits per heavy atom. The molecule has 4 aromatic rings. The number of H-pyrrole nitrogens is 1. The van der Waals surface area contributed by atoms with Gasteiger partial charge in [0.25, 0.3) is 0 Å². The maximum atomic E-state index is 12.2. The molecule has 7 nitrogen and oxygen atoms in total. The number of anilines is 1. The van der Waals surface area contributed by atoms with Crippen molar-refractivity contribution in [3.63, 3.8) is 0 Å². The van der Waals surface area contributed by atoms with Gasteiger partial charge in [-0.1, -0.05) is 74.5 Å². The average molecular weight is 556 g/mol. The van der Waals surface area contributed by atoms with Crippen molar-refractivity contribution in [2.45, 2.75) is 52.0 Å². The third-order valence-electron chi connectivity index (χ3n) is 7.08. The van der Waals surface area contributed by atoms with Crippen molar-refractivity contribution in [2.24, 2.45) is 5.73 Å². The molecular formula is C34H45N5O2. The molecule has 0 bridgehead atoms. The number of nitrogens with two attached hydrogens (primary N) is 1. The fourth-order valence-corrected chi connectivity index (χ4v) is 5.08. The van der Waals surface area contributed by atoms with Crippen molar-refractivity contribution in [3.05, 3.63) is 102 Å². The van der Waals surface area contributed by atoms with Gasteiger partial charge in [-0.15, -0.1) is 0 Å². The van der Waals surface area contributed by atoms with E-state index in [-0.39, 0.29) is 11.9 Å². The normalized spacial score (nSPS) is 13.1. The number of rotatable bonds is 7. The van der Waals surface area contributed by atoms with E-state index in [4.69, 9.17) is 5.73 Å². The van der Waals surface area contributed by atoms with Crippen molar-refractivity contribution >= 4 is 28.5 Å². The number of hydrogen-bond acceptors (Lipinski definition) is 3. The number of urea groups is 1. The second kappa shape index (κ2) is 16.2. The number of benzene rings is 3. The van der Waals surface area contributed by atoms with E-state index < -0.39 is 0 Å². The van der Waals surface area contributed by atoms with E-state index in [1.54, 1.807) is 4.90 Å². The Bertz CT molecular complexity index is 1360. The number of piperidine rings is 1. The van der Waals surface area contributed by atoms with Gasteiger partial charge in [-0.3, -0.25) is 4.79 Å². The van der Waals surface area contributed by atoms with Crippen LogP contribution in [0.2, 0.25) is 0 Å². The monoisotopic (exact) mass is 555 g/mol. The van der Waals surface area contributed by atoms with Gasteiger partial charge in [0.2, 0.25) is 5.91 Å². The molecule has 1 saturated heterocycles. The van der Waals surface area contributed by atoms with Crippen LogP contribution < -0.4 is 11.1 Å². The molecule has 0 saturated carbocycles. The molecular weight excluding hydrogens is 510 g/mol. The van der Waals surface area contributed by atoms with Crippen LogP contribution in [0.25, 0.3) is 10.9 Å². The minimum Gasteiger partial charge on any atom is -0.361 e. The molecule has 1 aromatic heterocycles. The quantitative estimate of drug-likeness (QED) is 0.235. The number of para-hydroxylation sites is 1. The van der Waals surface area contributed by atoms with Gasteiger partial charge >= 0.3 is 6.03 Å². The summed E-state index contributed by atoms with van der Waals surface area (Å²) < 4.78 is 0. The first-order valence-corrected chi connectivity index (χ1v) is 14.6. The number of aromatic amines is 1. The van der Waals surface area contributed by atoms with Crippen molar-refractivity contribution in [2.75, 3.05) is 32.5 Å². The predicted molar refractivity (Wildman–Crippen MR) is 170 cm³/mol. The molecule has 0 spiro atoms. The number of carbonyl (C=O) groups excluding carboxylic acids is 2. The van der Waals surface area contributed by atoms with E-state index in [1.165, 1.54) is 22.1 Å². The zero-order chi connectivity index (χ0) is 29.6. The molecule has 0 aliphatic carbocycles. The summed E-state index contributed by atoms with van der Waals surface area (Å²) in [6.45, 7) is 6.43. The van der Waals surface area contributed by atoms with Crippen LogP contribution in [0.5, 0.6) is 0 Å². The highest BCUT2D eigenvalue weighted by Gasteiger charge is 2.21. The highest BCUT2D eigenvalue weighted by atomic mass is 16.2. The number of aromatic nitrogens is 1. The third-order valence-corrected chi connectivity index (χ3v) is 7.08. The van der Waals surface area contributed by atoms with Gasteiger partial charge in [0.1, 0.15) is 0 Å². The van der Waals surface area contributed by atoms with Gasteiger partial charge in [0.05, 0.1) is 0 Å². The van der Waals surface area contributed by atoms with Crippen LogP contribution in [0, 0.1) is 0 Å². The summed E-state index contributed by atoms with van der Waals surface area (Å²) in [5.74, 6) is 0.629. The average Bonchev–Trinajstić information content (AvgIpc) is 3.41. The summed E-state index contributed by atoms with van der Waals surface area (Å²) in [7, 11) is 4.07. The standard InChI is InChI=1S/C20H23N3O.C12H16N2O.C2H6/c1-23(2)14-15-6-5-7-17(12-15)22-20(24)11-10-16-13-21-19-9-4-3-8-18(16)19;13-12(15)14-8-6-11(7-9-14)10-4-2-1-3-5-10;1-2/h3-9,12-13,21H,10-11,14H2,1-2H3,(H,22,24);1-5,11H,6-9H2,(H2,13,15);1-2H3. The fraction of sp³-hybridized carbons (Fsp3) is 0.353. The van der Waals surface area contributed by atoms with Crippen LogP contribution in [0.3, 0.4) is 0 Å². The summed E-state index contributed by atoms with van der Waals surface area (Å²) in [6.07, 6.45) is 5.24. The van der Waals surface area contributed by atoms with E-state index in [0.29, 0.717) is 12.3 Å². The number of carbonyl (C=O) groups is 2. The first-order chi connectivity index (χ1) is 19.9. The highest BCUT2D eigenvalue weighted by molar-refractivity contribution is 5.91. The van der Waals surface area contributed by atoms with E-state index in [1.807, 2.05) is 70.5 Å². The number of fused-ring (bicyclic) bond motifs is 1. The van der Waals surface area contributed by atoms with Gasteiger partial charge in [-0.05, 0) is 74.2 Å². The highest BCUT2D eigenvalue weighted by Crippen LogP contribution is 2.27. The molecule has 2 heterocycles. The molecule has 1 aliphatic heterocycles. The van der Waals surface area contributed by atoms with Crippen LogP contribution in [-0.4, -0.2) is 53.9 Å². The molecule has 41 heavy (non-hydrogen) atoms. The molecule has 3 aromatic carbocycles. The van der Waals surface area contributed by atoms with Gasteiger partial charge in [0, 0.05) is 48.8 Å². The molecule has 4 N–H and O–H groups in total. The van der Waals surface area contributed by atoms with Crippen molar-refractivity contribution in [1.29, 1.82) is 0 Å². The minimum atomic E-state index is -0.290. The van der Waals surface area contributed by atoms with Gasteiger partial charge < -0.3 is 25.8 Å². The first-order valence-electron chi connectivity index (χ1n) is 14.6. The van der Waals surface area contributed by atoms with Crippen molar-refractivity contribution in [1.82, 2.24) is 14.8 Å². The molecule has 7 heteroatoms. The second-order valence-corrected chi connectivity index (χ2v) is 10.4. The third kappa shape index (κ3) is 9.80. The molecule has 0 radical (unpaired) electrons. The summed E-state index contributed by atoms with van der Waals surface area (Å²) in [5.41, 5.74) is 11.0. The molecule has 0 unspecified atom stereocenters. The molecule has 1 fully saturated rings. The van der Waals surface area contributed by atoms with Crippen LogP contribution in [0.1, 0.15) is 55.7 Å². The summed E-state index contributed by atoms with van der Waals surface area (Å²) in [4.78, 5) is 30.3. The maximum absolute atomic E-state index is 12.2. The lowest BCUT2D eigenvalue weighted by Crippen LogP contribution is -2.41. The Labute approximate surface area is 244 Å². The zero-order valence-electron chi connectivity index (χ0n) is 24.9. The topological polar surface area (TPSA) is 94.5 Å². The number of nitrogens with zero attached hydrogens (tertiary/aromatic N) is 2. The summed E-state index contributed by atoms with van der Waals surface area (Å²) >= 11 is 0. The van der Waals surface area contributed by atoms with E-state index in [9.17, 15) is 9.59 Å². The van der Waals surface area contributed by atoms with E-state index in [2.05, 4.69) is 57.7 Å². The molecule has 3 amide bonds. The van der Waals surface area contributed by atoms with Crippen molar-refractivity contribution in [3.8, 4) is 0 Å². The lowest BCUT2D eigenvalue weighted by atomic mass is 9.90. The zero-order valence-corrected chi connectivity index (χ0v) is 24.9. The SMILES string of the molecule is CC.CN(C)Cc1cccc(NC(=O)CCc2c[nH]c3ccccc23)c1.NC(=O)N1CCC(c2ccccc2)CC1. The van der Waals surface area contributed by atoms with Crippen LogP contribution in [-0.2, 0) is 17.8 Å². The molecule has 0 atom stereocenters. The van der Waals surface area contributed by atoms with Gasteiger partial charge in [-0.25, -0.2) is 4.79 Å². The number of amides is 3. The lowest BCUT2D eigenvalue weighted by Gasteiger charge is -2.30. The van der Waals surface area contributed by atoms with Crippen molar-refractivity contribution < 1.29 is 9.59 Å². The van der Waals surface area contributed by atoms with Crippen LogP contribution in [0.15, 0.2) is 85.1 Å². The Balaban J connectivity index is 0.000000233.